The van der Waals surface area contributed by atoms with Crippen LogP contribution in [0.1, 0.15) is 21.2 Å². The van der Waals surface area contributed by atoms with Crippen molar-refractivity contribution in [3.8, 4) is 11.8 Å². The molecule has 0 aliphatic heterocycles. The summed E-state index contributed by atoms with van der Waals surface area (Å²) in [6, 6.07) is 10.4. The molecular weight excluding hydrogens is 282 g/mol. The average molecular weight is 292 g/mol. The van der Waals surface area contributed by atoms with E-state index in [-0.39, 0.29) is 5.78 Å². The molecule has 0 radical (unpaired) electrons. The van der Waals surface area contributed by atoms with Gasteiger partial charge in [0.2, 0.25) is 0 Å². The number of Topliss-reactive ketones (excluding diaryl/α,β-unsaturated/α-hetero) is 1. The predicted molar refractivity (Wildman–Crippen MR) is 75.0 cm³/mol. The Kier molecular flexibility index (Phi) is 4.20. The summed E-state index contributed by atoms with van der Waals surface area (Å²) >= 11 is 7.07. The van der Waals surface area contributed by atoms with Crippen LogP contribution in [0.3, 0.4) is 0 Å². The van der Waals surface area contributed by atoms with Gasteiger partial charge < -0.3 is 4.74 Å². The number of carbonyl (C=O) groups is 1. The van der Waals surface area contributed by atoms with Crippen LogP contribution in [0.15, 0.2) is 35.7 Å². The molecular formula is C14H10ClNO2S. The number of hydrogen-bond donors (Lipinski definition) is 0. The van der Waals surface area contributed by atoms with Crippen LogP contribution < -0.4 is 4.74 Å². The van der Waals surface area contributed by atoms with Crippen molar-refractivity contribution in [3.63, 3.8) is 0 Å². The zero-order valence-corrected chi connectivity index (χ0v) is 11.7. The van der Waals surface area contributed by atoms with E-state index in [1.54, 1.807) is 35.7 Å². The minimum absolute atomic E-state index is 0.224. The van der Waals surface area contributed by atoms with Gasteiger partial charge in [-0.25, -0.2) is 0 Å². The molecule has 96 valence electrons. The molecule has 1 atom stereocenters. The zero-order chi connectivity index (χ0) is 13.8. The Morgan fingerprint density at radius 3 is 2.63 bits per heavy atom. The Morgan fingerprint density at radius 2 is 2.11 bits per heavy atom. The first-order valence-corrected chi connectivity index (χ1v) is 6.73. The van der Waals surface area contributed by atoms with Crippen LogP contribution in [0.2, 0.25) is 5.02 Å². The minimum Gasteiger partial charge on any atom is -0.496 e. The van der Waals surface area contributed by atoms with E-state index in [0.29, 0.717) is 21.2 Å². The minimum atomic E-state index is -0.819. The van der Waals surface area contributed by atoms with E-state index >= 15 is 0 Å². The number of carbonyl (C=O) groups excluding carboxylic acids is 1. The third-order valence-corrected chi connectivity index (χ3v) is 3.82. The van der Waals surface area contributed by atoms with Crippen molar-refractivity contribution in [1.82, 2.24) is 0 Å². The van der Waals surface area contributed by atoms with Gasteiger partial charge in [0, 0.05) is 16.5 Å². The molecule has 0 saturated carbocycles. The highest BCUT2D eigenvalue weighted by molar-refractivity contribution is 7.12. The molecule has 1 unspecified atom stereocenters. The Morgan fingerprint density at radius 1 is 1.42 bits per heavy atom. The molecule has 1 heterocycles. The van der Waals surface area contributed by atoms with Crippen molar-refractivity contribution in [2.45, 2.75) is 5.92 Å². The summed E-state index contributed by atoms with van der Waals surface area (Å²) in [7, 11) is 1.54. The summed E-state index contributed by atoms with van der Waals surface area (Å²) in [5, 5.41) is 11.5. The molecule has 1 aromatic carbocycles. The molecule has 1 aromatic heterocycles. The summed E-state index contributed by atoms with van der Waals surface area (Å²) in [5.74, 6) is -0.417. The third kappa shape index (κ3) is 2.95. The Hall–Kier alpha value is -1.83. The quantitative estimate of drug-likeness (QED) is 0.803. The second kappa shape index (κ2) is 5.87. The van der Waals surface area contributed by atoms with Crippen LogP contribution >= 0.6 is 22.9 Å². The second-order valence-corrected chi connectivity index (χ2v) is 5.18. The van der Waals surface area contributed by atoms with Gasteiger partial charge >= 0.3 is 0 Å². The van der Waals surface area contributed by atoms with Gasteiger partial charge in [0.05, 0.1) is 18.1 Å². The van der Waals surface area contributed by atoms with Crippen LogP contribution in [0, 0.1) is 11.3 Å². The molecule has 0 saturated heterocycles. The predicted octanol–water partition coefficient (Wildman–Crippen LogP) is 3.90. The molecule has 3 nitrogen and oxygen atoms in total. The maximum absolute atomic E-state index is 12.3. The summed E-state index contributed by atoms with van der Waals surface area (Å²) in [6.07, 6.45) is 0. The lowest BCUT2D eigenvalue weighted by molar-refractivity contribution is 0.0982. The van der Waals surface area contributed by atoms with Crippen molar-refractivity contribution in [1.29, 1.82) is 5.26 Å². The van der Waals surface area contributed by atoms with Gasteiger partial charge in [0.25, 0.3) is 0 Å². The Labute approximate surface area is 120 Å². The highest BCUT2D eigenvalue weighted by Crippen LogP contribution is 2.28. The summed E-state index contributed by atoms with van der Waals surface area (Å²) in [4.78, 5) is 12.8. The molecule has 0 bridgehead atoms. The first-order chi connectivity index (χ1) is 9.15. The third-order valence-electron chi connectivity index (χ3n) is 2.65. The number of methoxy groups -OCH3 is 1. The first-order valence-electron chi connectivity index (χ1n) is 5.47. The van der Waals surface area contributed by atoms with Crippen molar-refractivity contribution >= 4 is 28.7 Å². The SMILES string of the molecule is COc1csc(C(=O)C(C#N)c2ccc(Cl)cc2)c1. The molecule has 0 aliphatic carbocycles. The smallest absolute Gasteiger partial charge is 0.194 e. The fraction of sp³-hybridized carbons (Fsp3) is 0.143. The summed E-state index contributed by atoms with van der Waals surface area (Å²) in [6.45, 7) is 0. The number of halogens is 1. The molecule has 0 amide bonds. The van der Waals surface area contributed by atoms with E-state index in [1.807, 2.05) is 6.07 Å². The first kappa shape index (κ1) is 13.6. The Balaban J connectivity index is 2.29. The number of ether oxygens (including phenoxy) is 1. The van der Waals surface area contributed by atoms with Gasteiger partial charge in [-0.3, -0.25) is 4.79 Å². The fourth-order valence-corrected chi connectivity index (χ4v) is 2.59. The van der Waals surface area contributed by atoms with Crippen LogP contribution in [-0.4, -0.2) is 12.9 Å². The van der Waals surface area contributed by atoms with E-state index in [9.17, 15) is 10.1 Å². The number of hydrogen-bond acceptors (Lipinski definition) is 4. The molecule has 0 N–H and O–H groups in total. The molecule has 2 rings (SSSR count). The number of ketones is 1. The molecule has 0 fully saturated rings. The van der Waals surface area contributed by atoms with E-state index in [0.717, 1.165) is 0 Å². The highest BCUT2D eigenvalue weighted by atomic mass is 35.5. The van der Waals surface area contributed by atoms with E-state index in [2.05, 4.69) is 0 Å². The lowest BCUT2D eigenvalue weighted by atomic mass is 9.95. The maximum atomic E-state index is 12.3. The normalized spacial score (nSPS) is 11.6. The monoisotopic (exact) mass is 291 g/mol. The lowest BCUT2D eigenvalue weighted by Crippen LogP contribution is -2.09. The Bertz CT molecular complexity index is 628. The number of nitrogens with zero attached hydrogens (tertiary/aromatic N) is 1. The molecule has 0 spiro atoms. The van der Waals surface area contributed by atoms with Gasteiger partial charge in [-0.1, -0.05) is 23.7 Å². The van der Waals surface area contributed by atoms with Gasteiger partial charge in [0.1, 0.15) is 11.7 Å². The van der Waals surface area contributed by atoms with Gasteiger partial charge in [-0.05, 0) is 17.7 Å². The molecule has 5 heteroatoms. The fourth-order valence-electron chi connectivity index (χ4n) is 1.64. The average Bonchev–Trinajstić information content (AvgIpc) is 2.90. The van der Waals surface area contributed by atoms with Crippen LogP contribution in [0.25, 0.3) is 0 Å². The van der Waals surface area contributed by atoms with Crippen molar-refractivity contribution < 1.29 is 9.53 Å². The lowest BCUT2D eigenvalue weighted by Gasteiger charge is -2.07. The second-order valence-electron chi connectivity index (χ2n) is 3.83. The van der Waals surface area contributed by atoms with Crippen molar-refractivity contribution in [2.24, 2.45) is 0 Å². The van der Waals surface area contributed by atoms with E-state index < -0.39 is 5.92 Å². The number of thiophene rings is 1. The van der Waals surface area contributed by atoms with E-state index in [4.69, 9.17) is 16.3 Å². The molecule has 19 heavy (non-hydrogen) atoms. The number of benzene rings is 1. The number of nitriles is 1. The van der Waals surface area contributed by atoms with Crippen LogP contribution in [0.5, 0.6) is 5.75 Å². The topological polar surface area (TPSA) is 50.1 Å². The largest absolute Gasteiger partial charge is 0.496 e. The van der Waals surface area contributed by atoms with Crippen LogP contribution in [-0.2, 0) is 0 Å². The zero-order valence-electron chi connectivity index (χ0n) is 10.1. The van der Waals surface area contributed by atoms with E-state index in [1.165, 1.54) is 18.4 Å². The standard InChI is InChI=1S/C14H10ClNO2S/c1-18-11-6-13(19-8-11)14(17)12(7-16)9-2-4-10(15)5-3-9/h2-6,8,12H,1H3. The van der Waals surface area contributed by atoms with Gasteiger partial charge in [-0.15, -0.1) is 11.3 Å². The van der Waals surface area contributed by atoms with Crippen molar-refractivity contribution in [2.75, 3.05) is 7.11 Å². The van der Waals surface area contributed by atoms with Gasteiger partial charge in [-0.2, -0.15) is 5.26 Å². The molecule has 2 aromatic rings. The van der Waals surface area contributed by atoms with Crippen LogP contribution in [0.4, 0.5) is 0 Å². The summed E-state index contributed by atoms with van der Waals surface area (Å²) in [5.41, 5.74) is 0.643. The maximum Gasteiger partial charge on any atom is 0.194 e. The molecule has 0 aliphatic rings. The van der Waals surface area contributed by atoms with Gasteiger partial charge in [0.15, 0.2) is 5.78 Å². The highest BCUT2D eigenvalue weighted by Gasteiger charge is 2.23. The number of rotatable bonds is 4. The summed E-state index contributed by atoms with van der Waals surface area (Å²) < 4.78 is 5.04. The van der Waals surface area contributed by atoms with Crippen molar-refractivity contribution in [3.05, 3.63) is 51.2 Å².